The maximum Gasteiger partial charge on any atom is 0.323 e. The average molecular weight is 267 g/mol. The first-order valence-corrected chi connectivity index (χ1v) is 6.20. The van der Waals surface area contributed by atoms with Crippen molar-refractivity contribution in [2.75, 3.05) is 4.90 Å². The van der Waals surface area contributed by atoms with Crippen molar-refractivity contribution < 1.29 is 10.0 Å². The monoisotopic (exact) mass is 267 g/mol. The number of oxime groups is 1. The third kappa shape index (κ3) is 1.80. The Bertz CT molecular complexity index is 710. The lowest BCUT2D eigenvalue weighted by atomic mass is 10.0. The lowest BCUT2D eigenvalue weighted by Crippen LogP contribution is -2.32. The number of carbonyl (C=O) groups is 1. The third-order valence-corrected chi connectivity index (χ3v) is 3.39. The van der Waals surface area contributed by atoms with Gasteiger partial charge < -0.3 is 10.9 Å². The summed E-state index contributed by atoms with van der Waals surface area (Å²) in [5.41, 5.74) is 8.97. The Morgan fingerprint density at radius 3 is 2.45 bits per heavy atom. The molecule has 0 spiro atoms. The van der Waals surface area contributed by atoms with E-state index in [0.717, 1.165) is 5.56 Å². The number of urea groups is 1. The van der Waals surface area contributed by atoms with E-state index in [4.69, 9.17) is 5.73 Å². The number of benzene rings is 2. The van der Waals surface area contributed by atoms with E-state index in [-0.39, 0.29) is 0 Å². The van der Waals surface area contributed by atoms with Gasteiger partial charge in [-0.1, -0.05) is 41.6 Å². The first-order chi connectivity index (χ1) is 9.72. The second-order valence-corrected chi connectivity index (χ2v) is 4.54. The Kier molecular flexibility index (Phi) is 2.87. The van der Waals surface area contributed by atoms with Gasteiger partial charge in [0.2, 0.25) is 0 Å². The van der Waals surface area contributed by atoms with Gasteiger partial charge in [0.05, 0.1) is 17.1 Å². The van der Waals surface area contributed by atoms with Crippen LogP contribution in [0, 0.1) is 0 Å². The normalized spacial score (nSPS) is 15.4. The number of anilines is 2. The van der Waals surface area contributed by atoms with Crippen molar-refractivity contribution in [3.05, 3.63) is 59.7 Å². The molecule has 3 rings (SSSR count). The van der Waals surface area contributed by atoms with Crippen LogP contribution in [0.15, 0.2) is 53.7 Å². The van der Waals surface area contributed by atoms with Crippen LogP contribution in [-0.2, 0) is 6.42 Å². The molecule has 20 heavy (non-hydrogen) atoms. The van der Waals surface area contributed by atoms with E-state index in [1.165, 1.54) is 4.90 Å². The minimum atomic E-state index is -0.566. The molecule has 5 nitrogen and oxygen atoms in total. The molecule has 0 saturated carbocycles. The largest absolute Gasteiger partial charge is 0.411 e. The van der Waals surface area contributed by atoms with Gasteiger partial charge in [0.15, 0.2) is 0 Å². The molecule has 0 aliphatic carbocycles. The molecule has 0 radical (unpaired) electrons. The van der Waals surface area contributed by atoms with E-state index in [0.29, 0.717) is 29.1 Å². The van der Waals surface area contributed by atoms with E-state index >= 15 is 0 Å². The first-order valence-electron chi connectivity index (χ1n) is 6.20. The number of fused-ring (bicyclic) bond motifs is 2. The Morgan fingerprint density at radius 2 is 1.75 bits per heavy atom. The summed E-state index contributed by atoms with van der Waals surface area (Å²) in [5.74, 6) is 0. The highest BCUT2D eigenvalue weighted by Crippen LogP contribution is 2.35. The lowest BCUT2D eigenvalue weighted by molar-refractivity contribution is 0.256. The SMILES string of the molecule is NC(=O)N1c2ccccc2CC(=NO)c2ccccc21. The van der Waals surface area contributed by atoms with Crippen LogP contribution in [0.1, 0.15) is 11.1 Å². The summed E-state index contributed by atoms with van der Waals surface area (Å²) in [6.07, 6.45) is 0.438. The number of carbonyl (C=O) groups excluding carboxylic acids is 1. The van der Waals surface area contributed by atoms with Gasteiger partial charge in [-0.3, -0.25) is 4.90 Å². The fourth-order valence-corrected chi connectivity index (χ4v) is 2.52. The number of primary amides is 1. The maximum absolute atomic E-state index is 11.9. The van der Waals surface area contributed by atoms with E-state index in [2.05, 4.69) is 5.16 Å². The number of nitrogens with zero attached hydrogens (tertiary/aromatic N) is 2. The van der Waals surface area contributed by atoms with Crippen LogP contribution < -0.4 is 10.6 Å². The summed E-state index contributed by atoms with van der Waals surface area (Å²) in [7, 11) is 0. The van der Waals surface area contributed by atoms with Crippen LogP contribution in [0.4, 0.5) is 16.2 Å². The molecule has 0 fully saturated rings. The summed E-state index contributed by atoms with van der Waals surface area (Å²) in [5, 5.41) is 12.6. The Labute approximate surface area is 115 Å². The van der Waals surface area contributed by atoms with E-state index in [9.17, 15) is 10.0 Å². The van der Waals surface area contributed by atoms with Gasteiger partial charge in [0, 0.05) is 12.0 Å². The van der Waals surface area contributed by atoms with Crippen molar-refractivity contribution in [1.82, 2.24) is 0 Å². The Morgan fingerprint density at radius 1 is 1.10 bits per heavy atom. The van der Waals surface area contributed by atoms with Crippen LogP contribution in [0.25, 0.3) is 0 Å². The summed E-state index contributed by atoms with van der Waals surface area (Å²) in [6, 6.07) is 14.1. The topological polar surface area (TPSA) is 78.9 Å². The second kappa shape index (κ2) is 4.70. The molecule has 5 heteroatoms. The predicted molar refractivity (Wildman–Crippen MR) is 76.6 cm³/mol. The highest BCUT2D eigenvalue weighted by Gasteiger charge is 2.26. The molecule has 0 bridgehead atoms. The molecular weight excluding hydrogens is 254 g/mol. The van der Waals surface area contributed by atoms with Gasteiger partial charge in [-0.05, 0) is 17.7 Å². The molecule has 2 aromatic rings. The van der Waals surface area contributed by atoms with Crippen molar-refractivity contribution in [1.29, 1.82) is 0 Å². The Hall–Kier alpha value is -2.82. The third-order valence-electron chi connectivity index (χ3n) is 3.39. The summed E-state index contributed by atoms with van der Waals surface area (Å²) in [6.45, 7) is 0. The summed E-state index contributed by atoms with van der Waals surface area (Å²) in [4.78, 5) is 13.3. The lowest BCUT2D eigenvalue weighted by Gasteiger charge is -2.22. The molecule has 0 unspecified atom stereocenters. The summed E-state index contributed by atoms with van der Waals surface area (Å²) < 4.78 is 0. The van der Waals surface area contributed by atoms with Gasteiger partial charge in [0.25, 0.3) is 0 Å². The van der Waals surface area contributed by atoms with Crippen LogP contribution in [-0.4, -0.2) is 17.0 Å². The van der Waals surface area contributed by atoms with Crippen molar-refractivity contribution in [2.45, 2.75) is 6.42 Å². The molecule has 3 N–H and O–H groups in total. The van der Waals surface area contributed by atoms with Crippen LogP contribution in [0.3, 0.4) is 0 Å². The van der Waals surface area contributed by atoms with Gasteiger partial charge in [-0.15, -0.1) is 0 Å². The summed E-state index contributed by atoms with van der Waals surface area (Å²) >= 11 is 0. The van der Waals surface area contributed by atoms with E-state index < -0.39 is 6.03 Å². The molecule has 0 atom stereocenters. The molecular formula is C15H13N3O2. The molecule has 1 heterocycles. The average Bonchev–Trinajstić information content (AvgIpc) is 2.61. The van der Waals surface area contributed by atoms with Gasteiger partial charge in [-0.2, -0.15) is 0 Å². The number of hydrogen-bond acceptors (Lipinski definition) is 3. The Balaban J connectivity index is 2.33. The van der Waals surface area contributed by atoms with Crippen LogP contribution >= 0.6 is 0 Å². The molecule has 1 aliphatic heterocycles. The molecule has 2 aromatic carbocycles. The minimum Gasteiger partial charge on any atom is -0.411 e. The maximum atomic E-state index is 11.9. The second-order valence-electron chi connectivity index (χ2n) is 4.54. The van der Waals surface area contributed by atoms with Crippen LogP contribution in [0.5, 0.6) is 0 Å². The minimum absolute atomic E-state index is 0.438. The van der Waals surface area contributed by atoms with Crippen molar-refractivity contribution >= 4 is 23.1 Å². The quantitative estimate of drug-likeness (QED) is 0.568. The predicted octanol–water partition coefficient (Wildman–Crippen LogP) is 2.64. The highest BCUT2D eigenvalue weighted by atomic mass is 16.4. The van der Waals surface area contributed by atoms with E-state index in [1.54, 1.807) is 6.07 Å². The van der Waals surface area contributed by atoms with Crippen molar-refractivity contribution in [3.63, 3.8) is 0 Å². The first kappa shape index (κ1) is 12.2. The zero-order chi connectivity index (χ0) is 14.1. The fourth-order valence-electron chi connectivity index (χ4n) is 2.52. The van der Waals surface area contributed by atoms with Crippen molar-refractivity contribution in [2.24, 2.45) is 10.9 Å². The number of hydrogen-bond donors (Lipinski definition) is 2. The molecule has 0 aromatic heterocycles. The number of rotatable bonds is 0. The number of nitrogens with two attached hydrogens (primary N) is 1. The molecule has 0 saturated heterocycles. The highest BCUT2D eigenvalue weighted by molar-refractivity contribution is 6.13. The molecule has 1 aliphatic rings. The van der Waals surface area contributed by atoms with Gasteiger partial charge in [-0.25, -0.2) is 4.79 Å². The smallest absolute Gasteiger partial charge is 0.323 e. The van der Waals surface area contributed by atoms with Crippen molar-refractivity contribution in [3.8, 4) is 0 Å². The standard InChI is InChI=1S/C15H13N3O2/c16-15(19)18-13-7-3-1-5-10(13)9-12(17-20)11-6-2-4-8-14(11)18/h1-8,20H,9H2,(H2,16,19). The number of para-hydroxylation sites is 2. The van der Waals surface area contributed by atoms with Gasteiger partial charge in [0.1, 0.15) is 0 Å². The van der Waals surface area contributed by atoms with Gasteiger partial charge >= 0.3 is 6.03 Å². The van der Waals surface area contributed by atoms with Crippen LogP contribution in [0.2, 0.25) is 0 Å². The fraction of sp³-hybridized carbons (Fsp3) is 0.0667. The molecule has 100 valence electrons. The van der Waals surface area contributed by atoms with E-state index in [1.807, 2.05) is 42.5 Å². The number of amides is 2. The zero-order valence-electron chi connectivity index (χ0n) is 10.7. The molecule has 2 amide bonds. The zero-order valence-corrected chi connectivity index (χ0v) is 10.7.